The zero-order valence-corrected chi connectivity index (χ0v) is 23.5. The number of unbranched alkanes of at least 4 members (excludes halogenated alkanes) is 2. The lowest BCUT2D eigenvalue weighted by molar-refractivity contribution is -0.132. The first kappa shape index (κ1) is 28.2. The lowest BCUT2D eigenvalue weighted by atomic mass is 9.85. The molecule has 1 unspecified atom stereocenters. The molecule has 0 bridgehead atoms. The van der Waals surface area contributed by atoms with Crippen LogP contribution in [0.1, 0.15) is 69.7 Å². The highest BCUT2D eigenvalue weighted by molar-refractivity contribution is 6.52. The number of aliphatic hydroxyl groups is 1. The number of aliphatic hydroxyl groups excluding tert-OH is 1. The van der Waals surface area contributed by atoms with Crippen LogP contribution >= 0.6 is 11.6 Å². The molecule has 3 aromatic rings. The van der Waals surface area contributed by atoms with Crippen molar-refractivity contribution in [3.8, 4) is 11.5 Å². The Hall–Kier alpha value is -3.77. The highest BCUT2D eigenvalue weighted by atomic mass is 35.5. The fraction of sp³-hybridized carbons (Fsp3) is 0.312. The van der Waals surface area contributed by atoms with E-state index in [1.54, 1.807) is 24.3 Å². The van der Waals surface area contributed by atoms with Gasteiger partial charge >= 0.3 is 0 Å². The maximum absolute atomic E-state index is 13.4. The standard InChI is InChI=1S/C32H34ClNO5/c1-5-6-7-18-39-24-15-10-21(11-16-24)29(36)27-28(20-8-12-22(13-9-20)32(2,3)4)34(31(38)30(27)37)25-19-23(33)14-17-26(25)35/h8-17,19,28,35-36H,5-7,18H2,1-4H3/b29-27+. The molecular weight excluding hydrogens is 514 g/mol. The van der Waals surface area contributed by atoms with Crippen molar-refractivity contribution in [1.29, 1.82) is 0 Å². The average Bonchev–Trinajstić information content (AvgIpc) is 3.17. The molecule has 0 radical (unpaired) electrons. The zero-order chi connectivity index (χ0) is 28.3. The summed E-state index contributed by atoms with van der Waals surface area (Å²) in [5.41, 5.74) is 1.97. The van der Waals surface area contributed by atoms with Crippen LogP contribution in [0.4, 0.5) is 5.69 Å². The van der Waals surface area contributed by atoms with Gasteiger partial charge in [0.05, 0.1) is 23.9 Å². The molecule has 1 atom stereocenters. The minimum Gasteiger partial charge on any atom is -0.507 e. The van der Waals surface area contributed by atoms with Crippen LogP contribution < -0.4 is 9.64 Å². The van der Waals surface area contributed by atoms with Gasteiger partial charge in [-0.2, -0.15) is 0 Å². The molecule has 2 N–H and O–H groups in total. The van der Waals surface area contributed by atoms with Crippen molar-refractivity contribution in [1.82, 2.24) is 0 Å². The number of Topliss-reactive ketones (excluding diaryl/α,β-unsaturated/α-hetero) is 1. The second-order valence-corrected chi connectivity index (χ2v) is 11.2. The van der Waals surface area contributed by atoms with Crippen molar-refractivity contribution in [2.75, 3.05) is 11.5 Å². The molecule has 6 nitrogen and oxygen atoms in total. The van der Waals surface area contributed by atoms with E-state index >= 15 is 0 Å². The highest BCUT2D eigenvalue weighted by Crippen LogP contribution is 2.45. The number of rotatable bonds is 8. The summed E-state index contributed by atoms with van der Waals surface area (Å²) in [6.07, 6.45) is 3.13. The second-order valence-electron chi connectivity index (χ2n) is 10.8. The smallest absolute Gasteiger partial charge is 0.300 e. The van der Waals surface area contributed by atoms with Gasteiger partial charge in [0.25, 0.3) is 11.7 Å². The number of aromatic hydroxyl groups is 1. The molecule has 4 rings (SSSR count). The number of ketones is 1. The van der Waals surface area contributed by atoms with E-state index in [0.29, 0.717) is 28.5 Å². The number of anilines is 1. The average molecular weight is 548 g/mol. The van der Waals surface area contributed by atoms with Gasteiger partial charge in [-0.3, -0.25) is 14.5 Å². The summed E-state index contributed by atoms with van der Waals surface area (Å²) < 4.78 is 5.77. The van der Waals surface area contributed by atoms with Crippen LogP contribution in [0.5, 0.6) is 11.5 Å². The summed E-state index contributed by atoms with van der Waals surface area (Å²) in [4.78, 5) is 28.0. The van der Waals surface area contributed by atoms with Crippen molar-refractivity contribution in [2.24, 2.45) is 0 Å². The summed E-state index contributed by atoms with van der Waals surface area (Å²) in [6.45, 7) is 9.00. The number of phenolic OH excluding ortho intramolecular Hbond substituents is 1. The predicted octanol–water partition coefficient (Wildman–Crippen LogP) is 7.54. The summed E-state index contributed by atoms with van der Waals surface area (Å²) in [5, 5.41) is 22.3. The fourth-order valence-electron chi connectivity index (χ4n) is 4.66. The molecule has 204 valence electrons. The van der Waals surface area contributed by atoms with Crippen molar-refractivity contribution < 1.29 is 24.5 Å². The number of phenols is 1. The van der Waals surface area contributed by atoms with Crippen LogP contribution in [0.3, 0.4) is 0 Å². The van der Waals surface area contributed by atoms with E-state index in [-0.39, 0.29) is 28.2 Å². The Morgan fingerprint density at radius 2 is 1.64 bits per heavy atom. The minimum atomic E-state index is -0.978. The Labute approximate surface area is 234 Å². The molecule has 39 heavy (non-hydrogen) atoms. The number of amides is 1. The Morgan fingerprint density at radius 3 is 2.26 bits per heavy atom. The second kappa shape index (κ2) is 11.5. The number of nitrogens with zero attached hydrogens (tertiary/aromatic N) is 1. The molecule has 7 heteroatoms. The van der Waals surface area contributed by atoms with Gasteiger partial charge < -0.3 is 14.9 Å². The number of benzene rings is 3. The molecule has 3 aromatic carbocycles. The van der Waals surface area contributed by atoms with Gasteiger partial charge in [0.15, 0.2) is 0 Å². The molecule has 1 heterocycles. The Balaban J connectivity index is 1.81. The number of carbonyl (C=O) groups is 2. The molecule has 0 spiro atoms. The molecule has 0 aliphatic carbocycles. The van der Waals surface area contributed by atoms with E-state index in [4.69, 9.17) is 16.3 Å². The normalized spacial score (nSPS) is 17.1. The molecule has 1 fully saturated rings. The third-order valence-electron chi connectivity index (χ3n) is 6.88. The topological polar surface area (TPSA) is 87.1 Å². The van der Waals surface area contributed by atoms with Crippen molar-refractivity contribution in [3.05, 3.63) is 94.0 Å². The first-order valence-corrected chi connectivity index (χ1v) is 13.5. The minimum absolute atomic E-state index is 0.0699. The van der Waals surface area contributed by atoms with Gasteiger partial charge in [0.1, 0.15) is 17.3 Å². The van der Waals surface area contributed by atoms with Gasteiger partial charge in [-0.1, -0.05) is 76.4 Å². The quantitative estimate of drug-likeness (QED) is 0.132. The van der Waals surface area contributed by atoms with Crippen LogP contribution in [-0.4, -0.2) is 28.5 Å². The maximum atomic E-state index is 13.4. The molecule has 1 aliphatic rings. The first-order chi connectivity index (χ1) is 18.5. The largest absolute Gasteiger partial charge is 0.507 e. The van der Waals surface area contributed by atoms with Crippen LogP contribution in [-0.2, 0) is 15.0 Å². The molecule has 0 saturated carbocycles. The summed E-state index contributed by atoms with van der Waals surface area (Å²) in [5.74, 6) is -1.57. The highest BCUT2D eigenvalue weighted by Gasteiger charge is 2.47. The van der Waals surface area contributed by atoms with Crippen LogP contribution in [0, 0.1) is 0 Å². The number of halogens is 1. The number of carbonyl (C=O) groups excluding carboxylic acids is 2. The molecule has 1 aliphatic heterocycles. The van der Waals surface area contributed by atoms with E-state index in [9.17, 15) is 19.8 Å². The first-order valence-electron chi connectivity index (χ1n) is 13.2. The summed E-state index contributed by atoms with van der Waals surface area (Å²) in [7, 11) is 0. The van der Waals surface area contributed by atoms with Crippen LogP contribution in [0.25, 0.3) is 5.76 Å². The van der Waals surface area contributed by atoms with Crippen molar-refractivity contribution >= 4 is 34.7 Å². The van der Waals surface area contributed by atoms with Crippen LogP contribution in [0.2, 0.25) is 5.02 Å². The van der Waals surface area contributed by atoms with Gasteiger partial charge in [-0.25, -0.2) is 0 Å². The molecular formula is C32H34ClNO5. The zero-order valence-electron chi connectivity index (χ0n) is 22.7. The molecule has 0 aromatic heterocycles. The van der Waals surface area contributed by atoms with Crippen LogP contribution in [0.15, 0.2) is 72.3 Å². The number of hydrogen-bond donors (Lipinski definition) is 2. The number of ether oxygens (including phenoxy) is 1. The van der Waals surface area contributed by atoms with E-state index in [2.05, 4.69) is 27.7 Å². The third-order valence-corrected chi connectivity index (χ3v) is 7.11. The van der Waals surface area contributed by atoms with Crippen molar-refractivity contribution in [3.63, 3.8) is 0 Å². The summed E-state index contributed by atoms with van der Waals surface area (Å²) >= 11 is 6.20. The Morgan fingerprint density at radius 1 is 0.974 bits per heavy atom. The monoisotopic (exact) mass is 547 g/mol. The lowest BCUT2D eigenvalue weighted by Gasteiger charge is -2.27. The number of hydrogen-bond acceptors (Lipinski definition) is 5. The molecule has 1 amide bonds. The van der Waals surface area contributed by atoms with Crippen molar-refractivity contribution in [2.45, 2.75) is 58.4 Å². The van der Waals surface area contributed by atoms with Gasteiger partial charge in [-0.05, 0) is 65.4 Å². The van der Waals surface area contributed by atoms with E-state index in [1.807, 2.05) is 24.3 Å². The molecule has 1 saturated heterocycles. The third kappa shape index (κ3) is 5.96. The van der Waals surface area contributed by atoms with Gasteiger partial charge in [0.2, 0.25) is 0 Å². The SMILES string of the molecule is CCCCCOc1ccc(/C(O)=C2\C(=O)C(=O)N(c3cc(Cl)ccc3O)C2c2ccc(C(C)(C)C)cc2)cc1. The van der Waals surface area contributed by atoms with Gasteiger partial charge in [-0.15, -0.1) is 0 Å². The summed E-state index contributed by atoms with van der Waals surface area (Å²) in [6, 6.07) is 17.7. The Kier molecular flexibility index (Phi) is 8.36. The maximum Gasteiger partial charge on any atom is 0.300 e. The predicted molar refractivity (Wildman–Crippen MR) is 155 cm³/mol. The van der Waals surface area contributed by atoms with E-state index in [1.165, 1.54) is 23.1 Å². The van der Waals surface area contributed by atoms with E-state index < -0.39 is 17.7 Å². The van der Waals surface area contributed by atoms with Gasteiger partial charge in [0, 0.05) is 10.6 Å². The Bertz CT molecular complexity index is 1390. The van der Waals surface area contributed by atoms with E-state index in [0.717, 1.165) is 24.8 Å². The fourth-order valence-corrected chi connectivity index (χ4v) is 4.82. The lowest BCUT2D eigenvalue weighted by Crippen LogP contribution is -2.29.